The van der Waals surface area contributed by atoms with E-state index in [1.54, 1.807) is 12.1 Å². The van der Waals surface area contributed by atoms with Crippen molar-refractivity contribution in [1.82, 2.24) is 0 Å². The second-order valence-electron chi connectivity index (χ2n) is 4.15. The number of rotatable bonds is 0. The highest BCUT2D eigenvalue weighted by Gasteiger charge is 2.25. The van der Waals surface area contributed by atoms with E-state index in [-0.39, 0.29) is 0 Å². The lowest BCUT2D eigenvalue weighted by atomic mass is 9.92. The molecule has 1 N–H and O–H groups in total. The maximum Gasteiger partial charge on any atom is 0.224 e. The van der Waals surface area contributed by atoms with Gasteiger partial charge >= 0.3 is 0 Å². The van der Waals surface area contributed by atoms with E-state index in [0.717, 1.165) is 22.3 Å². The molecule has 3 rings (SSSR count). The van der Waals surface area contributed by atoms with Gasteiger partial charge in [0.1, 0.15) is 5.75 Å². The van der Waals surface area contributed by atoms with E-state index >= 15 is 0 Å². The first-order chi connectivity index (χ1) is 8.16. The summed E-state index contributed by atoms with van der Waals surface area (Å²) in [5.41, 5.74) is 3.85. The fraction of sp³-hybridized carbons (Fsp3) is 0.143. The van der Waals surface area contributed by atoms with Gasteiger partial charge in [0.05, 0.1) is 0 Å². The molecule has 1 atom stereocenters. The predicted molar refractivity (Wildman–Crippen MR) is 67.2 cm³/mol. The molecule has 3 heteroatoms. The Morgan fingerprint density at radius 3 is 2.88 bits per heavy atom. The topological polar surface area (TPSA) is 29.5 Å². The molecule has 0 radical (unpaired) electrons. The van der Waals surface area contributed by atoms with E-state index in [2.05, 4.69) is 0 Å². The van der Waals surface area contributed by atoms with Crippen LogP contribution in [0, 0.1) is 6.92 Å². The summed E-state index contributed by atoms with van der Waals surface area (Å²) < 4.78 is 5.47. The maximum atomic E-state index is 9.95. The third-order valence-electron chi connectivity index (χ3n) is 3.02. The summed E-state index contributed by atoms with van der Waals surface area (Å²) in [6, 6.07) is 11.2. The van der Waals surface area contributed by atoms with Crippen LogP contribution < -0.4 is 4.74 Å². The smallest absolute Gasteiger partial charge is 0.224 e. The van der Waals surface area contributed by atoms with Crippen molar-refractivity contribution in [2.75, 3.05) is 0 Å². The summed E-state index contributed by atoms with van der Waals surface area (Å²) in [6.45, 7) is 2.02. The molecule has 86 valence electrons. The van der Waals surface area contributed by atoms with Crippen molar-refractivity contribution in [2.45, 2.75) is 13.2 Å². The summed E-state index contributed by atoms with van der Waals surface area (Å²) in [6.07, 6.45) is -0.904. The Morgan fingerprint density at radius 1 is 1.24 bits per heavy atom. The highest BCUT2D eigenvalue weighted by atomic mass is 35.5. The molecule has 2 aromatic carbocycles. The second-order valence-corrected chi connectivity index (χ2v) is 4.59. The minimum atomic E-state index is -0.904. The Hall–Kier alpha value is -1.51. The van der Waals surface area contributed by atoms with Crippen LogP contribution in [0.2, 0.25) is 5.02 Å². The number of aliphatic hydroxyl groups is 1. The quantitative estimate of drug-likeness (QED) is 0.768. The van der Waals surface area contributed by atoms with Crippen LogP contribution in [0.1, 0.15) is 17.4 Å². The van der Waals surface area contributed by atoms with Crippen molar-refractivity contribution in [3.05, 3.63) is 52.5 Å². The molecule has 0 aliphatic carbocycles. The number of fused-ring (bicyclic) bond motifs is 3. The first-order valence-electron chi connectivity index (χ1n) is 5.41. The minimum Gasteiger partial charge on any atom is -0.460 e. The normalized spacial score (nSPS) is 17.0. The number of benzene rings is 2. The third kappa shape index (κ3) is 1.61. The molecular weight excluding hydrogens is 236 g/mol. The zero-order valence-electron chi connectivity index (χ0n) is 9.27. The van der Waals surface area contributed by atoms with Gasteiger partial charge in [-0.05, 0) is 36.2 Å². The summed E-state index contributed by atoms with van der Waals surface area (Å²) in [5, 5.41) is 10.6. The molecule has 17 heavy (non-hydrogen) atoms. The number of ether oxygens (including phenoxy) is 1. The molecule has 1 aliphatic heterocycles. The van der Waals surface area contributed by atoms with Crippen LogP contribution in [0.25, 0.3) is 11.1 Å². The van der Waals surface area contributed by atoms with Crippen molar-refractivity contribution < 1.29 is 9.84 Å². The number of aliphatic hydroxyl groups excluding tert-OH is 1. The van der Waals surface area contributed by atoms with Gasteiger partial charge in [0.25, 0.3) is 0 Å². The summed E-state index contributed by atoms with van der Waals surface area (Å²) in [4.78, 5) is 0. The zero-order valence-corrected chi connectivity index (χ0v) is 10.0. The van der Waals surface area contributed by atoms with Crippen molar-refractivity contribution >= 4 is 11.6 Å². The standard InChI is InChI=1S/C14H11ClO2/c1-8-3-2-4-10-13(8)11-7-9(15)5-6-12(11)17-14(10)16/h2-7,14,16H,1H3. The second kappa shape index (κ2) is 3.76. The van der Waals surface area contributed by atoms with Crippen LogP contribution in [0.5, 0.6) is 5.75 Å². The summed E-state index contributed by atoms with van der Waals surface area (Å²) in [7, 11) is 0. The Bertz CT molecular complexity index is 593. The van der Waals surface area contributed by atoms with Crippen molar-refractivity contribution in [1.29, 1.82) is 0 Å². The molecule has 1 unspecified atom stereocenters. The molecule has 1 heterocycles. The molecule has 0 aromatic heterocycles. The monoisotopic (exact) mass is 246 g/mol. The van der Waals surface area contributed by atoms with Crippen LogP contribution in [-0.4, -0.2) is 5.11 Å². The van der Waals surface area contributed by atoms with Gasteiger partial charge in [0.15, 0.2) is 0 Å². The van der Waals surface area contributed by atoms with Crippen LogP contribution in [-0.2, 0) is 0 Å². The van der Waals surface area contributed by atoms with Crippen molar-refractivity contribution in [3.8, 4) is 16.9 Å². The van der Waals surface area contributed by atoms with Crippen molar-refractivity contribution in [2.24, 2.45) is 0 Å². The first-order valence-corrected chi connectivity index (χ1v) is 5.79. The van der Waals surface area contributed by atoms with E-state index in [4.69, 9.17) is 16.3 Å². The molecule has 0 saturated heterocycles. The average Bonchev–Trinajstić information content (AvgIpc) is 2.30. The van der Waals surface area contributed by atoms with E-state index in [1.165, 1.54) is 0 Å². The molecule has 0 fully saturated rings. The SMILES string of the molecule is Cc1cccc2c1-c1cc(Cl)ccc1OC2O. The third-order valence-corrected chi connectivity index (χ3v) is 3.26. The molecule has 2 nitrogen and oxygen atoms in total. The van der Waals surface area contributed by atoms with Gasteiger partial charge in [-0.3, -0.25) is 0 Å². The van der Waals surface area contributed by atoms with Gasteiger partial charge < -0.3 is 9.84 Å². The largest absolute Gasteiger partial charge is 0.460 e. The molecule has 2 aromatic rings. The van der Waals surface area contributed by atoms with E-state index in [1.807, 2.05) is 31.2 Å². The molecule has 0 amide bonds. The van der Waals surface area contributed by atoms with Crippen LogP contribution in [0.15, 0.2) is 36.4 Å². The van der Waals surface area contributed by atoms with Crippen LogP contribution in [0.3, 0.4) is 0 Å². The van der Waals surface area contributed by atoms with Crippen LogP contribution >= 0.6 is 11.6 Å². The Morgan fingerprint density at radius 2 is 2.06 bits per heavy atom. The Kier molecular flexibility index (Phi) is 2.35. The Balaban J connectivity index is 2.34. The lowest BCUT2D eigenvalue weighted by Gasteiger charge is -2.26. The highest BCUT2D eigenvalue weighted by Crippen LogP contribution is 2.43. The minimum absolute atomic E-state index is 0.665. The van der Waals surface area contributed by atoms with E-state index in [0.29, 0.717) is 10.8 Å². The van der Waals surface area contributed by atoms with Gasteiger partial charge in [-0.1, -0.05) is 29.8 Å². The predicted octanol–water partition coefficient (Wildman–Crippen LogP) is 3.70. The van der Waals surface area contributed by atoms with Gasteiger partial charge in [0, 0.05) is 16.1 Å². The first kappa shape index (κ1) is 10.6. The van der Waals surface area contributed by atoms with E-state index < -0.39 is 6.29 Å². The summed E-state index contributed by atoms with van der Waals surface area (Å²) in [5.74, 6) is 0.670. The number of hydrogen-bond donors (Lipinski definition) is 1. The number of hydrogen-bond acceptors (Lipinski definition) is 2. The average molecular weight is 247 g/mol. The number of aryl methyl sites for hydroxylation is 1. The van der Waals surface area contributed by atoms with Crippen molar-refractivity contribution in [3.63, 3.8) is 0 Å². The summed E-state index contributed by atoms with van der Waals surface area (Å²) >= 11 is 6.01. The van der Waals surface area contributed by atoms with Gasteiger partial charge in [-0.2, -0.15) is 0 Å². The van der Waals surface area contributed by atoms with E-state index in [9.17, 15) is 5.11 Å². The van der Waals surface area contributed by atoms with Gasteiger partial charge in [-0.25, -0.2) is 0 Å². The molecule has 0 bridgehead atoms. The fourth-order valence-electron chi connectivity index (χ4n) is 2.25. The Labute approximate surface area is 104 Å². The fourth-order valence-corrected chi connectivity index (χ4v) is 2.42. The highest BCUT2D eigenvalue weighted by molar-refractivity contribution is 6.31. The lowest BCUT2D eigenvalue weighted by Crippen LogP contribution is -2.13. The number of halogens is 1. The molecule has 1 aliphatic rings. The van der Waals surface area contributed by atoms with Crippen LogP contribution in [0.4, 0.5) is 0 Å². The zero-order chi connectivity index (χ0) is 12.0. The molecule has 0 saturated carbocycles. The molecule has 0 spiro atoms. The molecular formula is C14H11ClO2. The maximum absolute atomic E-state index is 9.95. The van der Waals surface area contributed by atoms with Gasteiger partial charge in [0.2, 0.25) is 6.29 Å². The lowest BCUT2D eigenvalue weighted by molar-refractivity contribution is -0.0213. The van der Waals surface area contributed by atoms with Gasteiger partial charge in [-0.15, -0.1) is 0 Å².